The molecule has 0 spiro atoms. The second-order valence-electron chi connectivity index (χ2n) is 4.81. The van der Waals surface area contributed by atoms with E-state index in [9.17, 15) is 9.59 Å². The molecule has 0 fully saturated rings. The highest BCUT2D eigenvalue weighted by Gasteiger charge is 2.16. The van der Waals surface area contributed by atoms with Crippen LogP contribution in [-0.4, -0.2) is 11.6 Å². The van der Waals surface area contributed by atoms with Gasteiger partial charge < -0.3 is 0 Å². The molecule has 2 aromatic rings. The second-order valence-corrected chi connectivity index (χ2v) is 5.72. The molecule has 2 aromatic carbocycles. The molecule has 0 unspecified atom stereocenters. The molecular formula is C18H15BrO2. The molecule has 0 aliphatic heterocycles. The lowest BCUT2D eigenvalue weighted by atomic mass is 9.97. The minimum Gasteiger partial charge on any atom is -0.294 e. The fraction of sp³-hybridized carbons (Fsp3) is 0.111. The average Bonchev–Trinajstić information content (AvgIpc) is 2.46. The summed E-state index contributed by atoms with van der Waals surface area (Å²) < 4.78 is 0.895. The molecule has 0 aromatic heterocycles. The second kappa shape index (κ2) is 6.64. The summed E-state index contributed by atoms with van der Waals surface area (Å²) in [4.78, 5) is 24.4. The quantitative estimate of drug-likeness (QED) is 0.352. The zero-order valence-electron chi connectivity index (χ0n) is 11.9. The molecule has 0 aliphatic rings. The number of carbonyl (C=O) groups is 2. The van der Waals surface area contributed by atoms with Crippen LogP contribution in [0.3, 0.4) is 0 Å². The van der Waals surface area contributed by atoms with Gasteiger partial charge in [-0.3, -0.25) is 9.59 Å². The fourth-order valence-corrected chi connectivity index (χ4v) is 2.25. The van der Waals surface area contributed by atoms with Crippen molar-refractivity contribution in [3.8, 4) is 0 Å². The predicted molar refractivity (Wildman–Crippen MR) is 88.3 cm³/mol. The third-order valence-electron chi connectivity index (χ3n) is 3.22. The summed E-state index contributed by atoms with van der Waals surface area (Å²) in [7, 11) is 0. The van der Waals surface area contributed by atoms with E-state index in [0.29, 0.717) is 5.56 Å². The SMILES string of the molecule is CC(=O)/C(=C\c1ccccc1C)C(=O)c1ccc(Br)cc1. The number of halogens is 1. The van der Waals surface area contributed by atoms with E-state index in [0.717, 1.165) is 15.6 Å². The van der Waals surface area contributed by atoms with E-state index in [1.54, 1.807) is 30.3 Å². The van der Waals surface area contributed by atoms with Crippen LogP contribution in [0.15, 0.2) is 58.6 Å². The van der Waals surface area contributed by atoms with Gasteiger partial charge in [-0.05, 0) is 55.3 Å². The van der Waals surface area contributed by atoms with Crippen molar-refractivity contribution >= 4 is 33.6 Å². The van der Waals surface area contributed by atoms with Crippen LogP contribution in [0.1, 0.15) is 28.4 Å². The first kappa shape index (κ1) is 15.4. The molecule has 0 saturated carbocycles. The number of benzene rings is 2. The third kappa shape index (κ3) is 3.76. The van der Waals surface area contributed by atoms with Crippen molar-refractivity contribution < 1.29 is 9.59 Å². The van der Waals surface area contributed by atoms with E-state index in [1.807, 2.05) is 31.2 Å². The van der Waals surface area contributed by atoms with Gasteiger partial charge in [-0.25, -0.2) is 0 Å². The van der Waals surface area contributed by atoms with Crippen molar-refractivity contribution in [1.82, 2.24) is 0 Å². The Morgan fingerprint density at radius 1 is 1.00 bits per heavy atom. The highest BCUT2D eigenvalue weighted by atomic mass is 79.9. The first-order valence-corrected chi connectivity index (χ1v) is 7.37. The summed E-state index contributed by atoms with van der Waals surface area (Å²) in [6.07, 6.45) is 1.67. The fourth-order valence-electron chi connectivity index (χ4n) is 1.99. The summed E-state index contributed by atoms with van der Waals surface area (Å²) in [6, 6.07) is 14.7. The lowest BCUT2D eigenvalue weighted by molar-refractivity contribution is -0.113. The summed E-state index contributed by atoms with van der Waals surface area (Å²) in [5.74, 6) is -0.482. The Morgan fingerprint density at radius 3 is 2.19 bits per heavy atom. The number of rotatable bonds is 4. The number of allylic oxidation sites excluding steroid dienone is 1. The minimum absolute atomic E-state index is 0.201. The summed E-state index contributed by atoms with van der Waals surface area (Å²) in [5.41, 5.74) is 2.62. The topological polar surface area (TPSA) is 34.1 Å². The van der Waals surface area contributed by atoms with Crippen LogP contribution in [0, 0.1) is 6.92 Å². The van der Waals surface area contributed by atoms with E-state index in [4.69, 9.17) is 0 Å². The number of hydrogen-bond donors (Lipinski definition) is 0. The van der Waals surface area contributed by atoms with Crippen LogP contribution in [0.2, 0.25) is 0 Å². The number of Topliss-reactive ketones (excluding diaryl/α,β-unsaturated/α-hetero) is 2. The van der Waals surface area contributed by atoms with Crippen molar-refractivity contribution in [3.05, 3.63) is 75.3 Å². The number of ketones is 2. The largest absolute Gasteiger partial charge is 0.294 e. The van der Waals surface area contributed by atoms with Crippen LogP contribution in [0.5, 0.6) is 0 Å². The molecule has 0 heterocycles. The Labute approximate surface area is 132 Å². The molecule has 2 nitrogen and oxygen atoms in total. The maximum absolute atomic E-state index is 12.5. The Morgan fingerprint density at radius 2 is 1.62 bits per heavy atom. The molecular weight excluding hydrogens is 328 g/mol. The van der Waals surface area contributed by atoms with Crippen molar-refractivity contribution in [3.63, 3.8) is 0 Å². The van der Waals surface area contributed by atoms with Crippen molar-refractivity contribution in [2.24, 2.45) is 0 Å². The number of hydrogen-bond acceptors (Lipinski definition) is 2. The molecule has 0 saturated heterocycles. The van der Waals surface area contributed by atoms with Crippen LogP contribution in [0.4, 0.5) is 0 Å². The zero-order valence-corrected chi connectivity index (χ0v) is 13.5. The van der Waals surface area contributed by atoms with Gasteiger partial charge in [0.05, 0.1) is 5.57 Å². The van der Waals surface area contributed by atoms with Crippen LogP contribution < -0.4 is 0 Å². The molecule has 21 heavy (non-hydrogen) atoms. The third-order valence-corrected chi connectivity index (χ3v) is 3.75. The summed E-state index contributed by atoms with van der Waals surface area (Å²) >= 11 is 3.33. The van der Waals surface area contributed by atoms with E-state index in [1.165, 1.54) is 6.92 Å². The molecule has 0 aliphatic carbocycles. The predicted octanol–water partition coefficient (Wildman–Crippen LogP) is 4.61. The summed E-state index contributed by atoms with van der Waals surface area (Å²) in [5, 5.41) is 0. The maximum Gasteiger partial charge on any atom is 0.196 e. The maximum atomic E-state index is 12.5. The standard InChI is InChI=1S/C18H15BrO2/c1-12-5-3-4-6-15(12)11-17(13(2)20)18(21)14-7-9-16(19)10-8-14/h3-11H,1-2H3/b17-11+. The van der Waals surface area contributed by atoms with Gasteiger partial charge in [0.1, 0.15) is 0 Å². The monoisotopic (exact) mass is 342 g/mol. The minimum atomic E-state index is -0.252. The van der Waals surface area contributed by atoms with E-state index in [2.05, 4.69) is 15.9 Å². The molecule has 0 radical (unpaired) electrons. The van der Waals surface area contributed by atoms with Gasteiger partial charge in [0.2, 0.25) is 0 Å². The lowest BCUT2D eigenvalue weighted by Crippen LogP contribution is -2.10. The average molecular weight is 343 g/mol. The molecule has 2 rings (SSSR count). The van der Waals surface area contributed by atoms with Gasteiger partial charge in [0.15, 0.2) is 11.6 Å². The smallest absolute Gasteiger partial charge is 0.196 e. The molecule has 0 atom stereocenters. The van der Waals surface area contributed by atoms with Gasteiger partial charge in [-0.15, -0.1) is 0 Å². The summed E-state index contributed by atoms with van der Waals surface area (Å²) in [6.45, 7) is 3.37. The molecule has 0 N–H and O–H groups in total. The highest BCUT2D eigenvalue weighted by molar-refractivity contribution is 9.10. The Hall–Kier alpha value is -2.00. The van der Waals surface area contributed by atoms with Crippen molar-refractivity contribution in [1.29, 1.82) is 0 Å². The Balaban J connectivity index is 2.44. The van der Waals surface area contributed by atoms with E-state index < -0.39 is 0 Å². The van der Waals surface area contributed by atoms with Gasteiger partial charge in [-0.2, -0.15) is 0 Å². The molecule has 3 heteroatoms. The van der Waals surface area contributed by atoms with E-state index in [-0.39, 0.29) is 17.1 Å². The number of aryl methyl sites for hydroxylation is 1. The lowest BCUT2D eigenvalue weighted by Gasteiger charge is -2.06. The molecule has 0 amide bonds. The van der Waals surface area contributed by atoms with Gasteiger partial charge in [-0.1, -0.05) is 40.2 Å². The molecule has 0 bridgehead atoms. The first-order chi connectivity index (χ1) is 9.99. The van der Waals surface area contributed by atoms with Crippen LogP contribution in [-0.2, 0) is 4.79 Å². The van der Waals surface area contributed by atoms with Crippen LogP contribution >= 0.6 is 15.9 Å². The van der Waals surface area contributed by atoms with Crippen molar-refractivity contribution in [2.75, 3.05) is 0 Å². The highest BCUT2D eigenvalue weighted by Crippen LogP contribution is 2.18. The Bertz CT molecular complexity index is 712. The van der Waals surface area contributed by atoms with E-state index >= 15 is 0 Å². The Kier molecular flexibility index (Phi) is 4.86. The first-order valence-electron chi connectivity index (χ1n) is 6.57. The normalized spacial score (nSPS) is 11.3. The van der Waals surface area contributed by atoms with Gasteiger partial charge in [0, 0.05) is 10.0 Å². The van der Waals surface area contributed by atoms with Gasteiger partial charge >= 0.3 is 0 Å². The van der Waals surface area contributed by atoms with Crippen LogP contribution in [0.25, 0.3) is 6.08 Å². The molecule has 106 valence electrons. The number of carbonyl (C=O) groups excluding carboxylic acids is 2. The zero-order chi connectivity index (χ0) is 15.4. The van der Waals surface area contributed by atoms with Gasteiger partial charge in [0.25, 0.3) is 0 Å². The van der Waals surface area contributed by atoms with Crippen molar-refractivity contribution in [2.45, 2.75) is 13.8 Å².